The molecule has 0 bridgehead atoms. The summed E-state index contributed by atoms with van der Waals surface area (Å²) in [7, 11) is 1.71. The van der Waals surface area contributed by atoms with Crippen LogP contribution in [0.4, 0.5) is 0 Å². The molecule has 0 N–H and O–H groups in total. The van der Waals surface area contributed by atoms with Crippen molar-refractivity contribution < 1.29 is 14.3 Å². The standard InChI is InChI=1S/C23H23NO3/c1-17(23(26)24(2)16-18-9-4-3-5-10-18)27-22(25)15-20-13-8-12-19-11-6-7-14-21(19)20/h3-14,17H,15-16H2,1-2H3/t17-/m0/s1. The van der Waals surface area contributed by atoms with Gasteiger partial charge in [-0.15, -0.1) is 0 Å². The van der Waals surface area contributed by atoms with E-state index in [2.05, 4.69) is 0 Å². The van der Waals surface area contributed by atoms with E-state index in [9.17, 15) is 9.59 Å². The van der Waals surface area contributed by atoms with Gasteiger partial charge in [-0.25, -0.2) is 0 Å². The summed E-state index contributed by atoms with van der Waals surface area (Å²) in [5.41, 5.74) is 1.93. The van der Waals surface area contributed by atoms with Gasteiger partial charge < -0.3 is 9.64 Å². The normalized spacial score (nSPS) is 11.8. The number of nitrogens with zero attached hydrogens (tertiary/aromatic N) is 1. The number of fused-ring (bicyclic) bond motifs is 1. The predicted octanol–water partition coefficient (Wildman–Crippen LogP) is 3.97. The number of rotatable bonds is 6. The lowest BCUT2D eigenvalue weighted by Gasteiger charge is -2.21. The number of carbonyl (C=O) groups is 2. The van der Waals surface area contributed by atoms with Crippen LogP contribution in [0.2, 0.25) is 0 Å². The second-order valence-corrected chi connectivity index (χ2v) is 6.63. The molecule has 27 heavy (non-hydrogen) atoms. The maximum Gasteiger partial charge on any atom is 0.311 e. The average molecular weight is 361 g/mol. The number of hydrogen-bond donors (Lipinski definition) is 0. The van der Waals surface area contributed by atoms with Crippen molar-refractivity contribution in [2.24, 2.45) is 0 Å². The van der Waals surface area contributed by atoms with Crippen molar-refractivity contribution in [2.45, 2.75) is 26.0 Å². The third-order valence-electron chi connectivity index (χ3n) is 4.51. The second-order valence-electron chi connectivity index (χ2n) is 6.63. The first-order chi connectivity index (χ1) is 13.0. The molecule has 1 atom stereocenters. The van der Waals surface area contributed by atoms with Crippen LogP contribution in [0.3, 0.4) is 0 Å². The zero-order valence-corrected chi connectivity index (χ0v) is 15.6. The number of carbonyl (C=O) groups excluding carboxylic acids is 2. The average Bonchev–Trinajstić information content (AvgIpc) is 2.68. The van der Waals surface area contributed by atoms with Crippen LogP contribution in [0.1, 0.15) is 18.1 Å². The Kier molecular flexibility index (Phi) is 5.87. The lowest BCUT2D eigenvalue weighted by atomic mass is 10.0. The molecule has 0 aromatic heterocycles. The molecule has 0 saturated carbocycles. The zero-order valence-electron chi connectivity index (χ0n) is 15.6. The zero-order chi connectivity index (χ0) is 19.2. The first-order valence-electron chi connectivity index (χ1n) is 8.99. The molecule has 0 aliphatic heterocycles. The van der Waals surface area contributed by atoms with Gasteiger partial charge in [0.15, 0.2) is 6.10 Å². The Bertz CT molecular complexity index is 931. The fourth-order valence-corrected chi connectivity index (χ4v) is 3.14. The van der Waals surface area contributed by atoms with Crippen LogP contribution < -0.4 is 0 Å². The van der Waals surface area contributed by atoms with Gasteiger partial charge in [0.25, 0.3) is 5.91 Å². The third kappa shape index (κ3) is 4.73. The molecule has 3 rings (SSSR count). The summed E-state index contributed by atoms with van der Waals surface area (Å²) in [6, 6.07) is 23.5. The van der Waals surface area contributed by atoms with Crippen LogP contribution in [0.15, 0.2) is 72.8 Å². The van der Waals surface area contributed by atoms with Crippen LogP contribution in [-0.4, -0.2) is 29.9 Å². The van der Waals surface area contributed by atoms with Crippen LogP contribution in [0, 0.1) is 0 Å². The van der Waals surface area contributed by atoms with Gasteiger partial charge in [0.1, 0.15) is 0 Å². The predicted molar refractivity (Wildman–Crippen MR) is 106 cm³/mol. The summed E-state index contributed by atoms with van der Waals surface area (Å²) < 4.78 is 5.39. The first-order valence-corrected chi connectivity index (χ1v) is 8.99. The highest BCUT2D eigenvalue weighted by Crippen LogP contribution is 2.19. The highest BCUT2D eigenvalue weighted by Gasteiger charge is 2.22. The van der Waals surface area contributed by atoms with Crippen molar-refractivity contribution in [1.29, 1.82) is 0 Å². The third-order valence-corrected chi connectivity index (χ3v) is 4.51. The van der Waals surface area contributed by atoms with E-state index >= 15 is 0 Å². The fraction of sp³-hybridized carbons (Fsp3) is 0.217. The molecule has 0 aliphatic carbocycles. The molecule has 0 radical (unpaired) electrons. The monoisotopic (exact) mass is 361 g/mol. The Morgan fingerprint density at radius 3 is 2.37 bits per heavy atom. The van der Waals surface area contributed by atoms with Crippen molar-refractivity contribution in [3.63, 3.8) is 0 Å². The van der Waals surface area contributed by atoms with Crippen LogP contribution >= 0.6 is 0 Å². The minimum Gasteiger partial charge on any atom is -0.452 e. The second kappa shape index (κ2) is 8.49. The first kappa shape index (κ1) is 18.6. The Balaban J connectivity index is 1.60. The molecule has 0 unspecified atom stereocenters. The van der Waals surface area contributed by atoms with E-state index < -0.39 is 12.1 Å². The molecule has 4 heteroatoms. The van der Waals surface area contributed by atoms with Crippen molar-refractivity contribution in [3.05, 3.63) is 83.9 Å². The highest BCUT2D eigenvalue weighted by atomic mass is 16.5. The van der Waals surface area contributed by atoms with E-state index in [-0.39, 0.29) is 12.3 Å². The molecule has 3 aromatic rings. The Morgan fingerprint density at radius 2 is 1.59 bits per heavy atom. The largest absolute Gasteiger partial charge is 0.452 e. The molecule has 4 nitrogen and oxygen atoms in total. The maximum absolute atomic E-state index is 12.5. The van der Waals surface area contributed by atoms with Gasteiger partial charge in [0, 0.05) is 13.6 Å². The molecular weight excluding hydrogens is 338 g/mol. The summed E-state index contributed by atoms with van der Waals surface area (Å²) in [5, 5.41) is 2.10. The van der Waals surface area contributed by atoms with Crippen LogP contribution in [0.25, 0.3) is 10.8 Å². The molecule has 0 spiro atoms. The molecule has 138 valence electrons. The molecule has 0 fully saturated rings. The summed E-state index contributed by atoms with van der Waals surface area (Å²) >= 11 is 0. The van der Waals surface area contributed by atoms with Gasteiger partial charge in [0.2, 0.25) is 0 Å². The van der Waals surface area contributed by atoms with Gasteiger partial charge in [0.05, 0.1) is 6.42 Å². The smallest absolute Gasteiger partial charge is 0.311 e. The van der Waals surface area contributed by atoms with E-state index in [0.717, 1.165) is 21.9 Å². The quantitative estimate of drug-likeness (QED) is 0.624. The van der Waals surface area contributed by atoms with Gasteiger partial charge >= 0.3 is 5.97 Å². The number of ether oxygens (including phenoxy) is 1. The van der Waals surface area contributed by atoms with Crippen LogP contribution in [0.5, 0.6) is 0 Å². The molecule has 1 amide bonds. The van der Waals surface area contributed by atoms with Gasteiger partial charge in [-0.2, -0.15) is 0 Å². The summed E-state index contributed by atoms with van der Waals surface area (Å²) in [5.74, 6) is -0.620. The van der Waals surface area contributed by atoms with Crippen molar-refractivity contribution in [2.75, 3.05) is 7.05 Å². The van der Waals surface area contributed by atoms with Gasteiger partial charge in [-0.1, -0.05) is 72.8 Å². The Labute approximate surface area is 159 Å². The van der Waals surface area contributed by atoms with Gasteiger partial charge in [-0.3, -0.25) is 9.59 Å². The number of likely N-dealkylation sites (N-methyl/N-ethyl adjacent to an activating group) is 1. The van der Waals surface area contributed by atoms with Gasteiger partial charge in [-0.05, 0) is 28.8 Å². The molecule has 0 aliphatic rings. The number of benzene rings is 3. The summed E-state index contributed by atoms with van der Waals surface area (Å²) in [6.07, 6.45) is -0.678. The minimum absolute atomic E-state index is 0.140. The van der Waals surface area contributed by atoms with Crippen LogP contribution in [-0.2, 0) is 27.3 Å². The van der Waals surface area contributed by atoms with E-state index in [4.69, 9.17) is 4.74 Å². The van der Waals surface area contributed by atoms with E-state index in [1.165, 1.54) is 0 Å². The van der Waals surface area contributed by atoms with E-state index in [1.807, 2.05) is 72.8 Å². The summed E-state index contributed by atoms with van der Waals surface area (Å²) in [6.45, 7) is 2.09. The molecular formula is C23H23NO3. The molecule has 3 aromatic carbocycles. The maximum atomic E-state index is 12.5. The lowest BCUT2D eigenvalue weighted by Crippen LogP contribution is -2.37. The lowest BCUT2D eigenvalue weighted by molar-refractivity contribution is -0.158. The topological polar surface area (TPSA) is 46.6 Å². The summed E-state index contributed by atoms with van der Waals surface area (Å²) in [4.78, 5) is 26.4. The van der Waals surface area contributed by atoms with E-state index in [0.29, 0.717) is 6.54 Å². The van der Waals surface area contributed by atoms with Crippen molar-refractivity contribution in [1.82, 2.24) is 4.90 Å². The minimum atomic E-state index is -0.818. The Hall–Kier alpha value is -3.14. The highest BCUT2D eigenvalue weighted by molar-refractivity contribution is 5.90. The number of amides is 1. The SMILES string of the molecule is C[C@H](OC(=O)Cc1cccc2ccccc12)C(=O)N(C)Cc1ccccc1. The number of esters is 1. The van der Waals surface area contributed by atoms with E-state index in [1.54, 1.807) is 18.9 Å². The number of hydrogen-bond acceptors (Lipinski definition) is 3. The Morgan fingerprint density at radius 1 is 0.926 bits per heavy atom. The van der Waals surface area contributed by atoms with Crippen molar-refractivity contribution in [3.8, 4) is 0 Å². The van der Waals surface area contributed by atoms with Crippen molar-refractivity contribution >= 4 is 22.6 Å². The fourth-order valence-electron chi connectivity index (χ4n) is 3.14. The molecule has 0 saturated heterocycles. The molecule has 0 heterocycles.